The molecule has 0 bridgehead atoms. The number of amides is 1. The summed E-state index contributed by atoms with van der Waals surface area (Å²) in [5, 5.41) is 2.99. The van der Waals surface area contributed by atoms with Crippen LogP contribution in [0.15, 0.2) is 0 Å². The minimum Gasteiger partial charge on any atom is -0.356 e. The van der Waals surface area contributed by atoms with Crippen LogP contribution in [0.25, 0.3) is 0 Å². The van der Waals surface area contributed by atoms with Gasteiger partial charge in [0.25, 0.3) is 0 Å². The average Bonchev–Trinajstić information content (AvgIpc) is 2.26. The van der Waals surface area contributed by atoms with Crippen molar-refractivity contribution in [2.75, 3.05) is 46.3 Å². The molecule has 0 aromatic heterocycles. The second-order valence-electron chi connectivity index (χ2n) is 5.45. The lowest BCUT2D eigenvalue weighted by molar-refractivity contribution is -0.121. The van der Waals surface area contributed by atoms with Crippen LogP contribution in [0.5, 0.6) is 0 Å². The summed E-state index contributed by atoms with van der Waals surface area (Å²) in [6.45, 7) is 10.7. The number of hydrogen-bond acceptors (Lipinski definition) is 3. The molecule has 1 aliphatic rings. The van der Waals surface area contributed by atoms with Gasteiger partial charge in [-0.15, -0.1) is 0 Å². The first kappa shape index (κ1) is 14.5. The van der Waals surface area contributed by atoms with Crippen molar-refractivity contribution in [3.05, 3.63) is 0 Å². The summed E-state index contributed by atoms with van der Waals surface area (Å²) in [6, 6.07) is 0. The van der Waals surface area contributed by atoms with Gasteiger partial charge in [-0.25, -0.2) is 0 Å². The molecule has 1 aliphatic heterocycles. The number of piperazine rings is 1. The molecule has 0 saturated carbocycles. The monoisotopic (exact) mass is 241 g/mol. The van der Waals surface area contributed by atoms with Crippen molar-refractivity contribution in [3.8, 4) is 0 Å². The lowest BCUT2D eigenvalue weighted by Gasteiger charge is -2.32. The molecule has 1 rings (SSSR count). The molecule has 0 spiro atoms. The normalized spacial score (nSPS) is 18.6. The molecule has 0 aromatic rings. The molecule has 0 radical (unpaired) electrons. The van der Waals surface area contributed by atoms with Gasteiger partial charge in [-0.05, 0) is 25.9 Å². The van der Waals surface area contributed by atoms with E-state index >= 15 is 0 Å². The van der Waals surface area contributed by atoms with E-state index in [1.165, 1.54) is 13.1 Å². The number of nitrogens with zero attached hydrogens (tertiary/aromatic N) is 2. The largest absolute Gasteiger partial charge is 0.356 e. The second-order valence-corrected chi connectivity index (χ2v) is 5.45. The Morgan fingerprint density at radius 3 is 2.47 bits per heavy atom. The maximum Gasteiger partial charge on any atom is 0.220 e. The van der Waals surface area contributed by atoms with Crippen LogP contribution in [-0.2, 0) is 4.79 Å². The molecule has 1 fully saturated rings. The van der Waals surface area contributed by atoms with Crippen LogP contribution in [0.4, 0.5) is 0 Å². The van der Waals surface area contributed by atoms with Crippen molar-refractivity contribution < 1.29 is 4.79 Å². The van der Waals surface area contributed by atoms with Crippen molar-refractivity contribution in [2.24, 2.45) is 5.92 Å². The molecule has 0 atom stereocenters. The molecule has 0 aromatic carbocycles. The van der Waals surface area contributed by atoms with Gasteiger partial charge in [-0.3, -0.25) is 4.79 Å². The van der Waals surface area contributed by atoms with Gasteiger partial charge in [0, 0.05) is 39.1 Å². The highest BCUT2D eigenvalue weighted by atomic mass is 16.1. The minimum absolute atomic E-state index is 0.193. The third-order valence-electron chi connectivity index (χ3n) is 3.16. The maximum absolute atomic E-state index is 11.4. The van der Waals surface area contributed by atoms with Gasteiger partial charge in [0.15, 0.2) is 0 Å². The van der Waals surface area contributed by atoms with Gasteiger partial charge in [0.05, 0.1) is 0 Å². The van der Waals surface area contributed by atoms with Gasteiger partial charge in [0.1, 0.15) is 0 Å². The van der Waals surface area contributed by atoms with Crippen LogP contribution < -0.4 is 5.32 Å². The van der Waals surface area contributed by atoms with E-state index in [4.69, 9.17) is 0 Å². The molecule has 0 unspecified atom stereocenters. The smallest absolute Gasteiger partial charge is 0.220 e. The lowest BCUT2D eigenvalue weighted by Crippen LogP contribution is -2.45. The highest BCUT2D eigenvalue weighted by Crippen LogP contribution is 2.00. The van der Waals surface area contributed by atoms with Crippen molar-refractivity contribution in [1.82, 2.24) is 15.1 Å². The Kier molecular flexibility index (Phi) is 6.52. The van der Waals surface area contributed by atoms with E-state index in [0.29, 0.717) is 12.3 Å². The van der Waals surface area contributed by atoms with E-state index in [9.17, 15) is 4.79 Å². The van der Waals surface area contributed by atoms with Gasteiger partial charge >= 0.3 is 0 Å². The zero-order valence-corrected chi connectivity index (χ0v) is 11.5. The highest BCUT2D eigenvalue weighted by molar-refractivity contribution is 5.75. The van der Waals surface area contributed by atoms with Crippen LogP contribution in [0.3, 0.4) is 0 Å². The topological polar surface area (TPSA) is 35.6 Å². The molecular formula is C13H27N3O. The van der Waals surface area contributed by atoms with Crippen LogP contribution in [-0.4, -0.2) is 62.0 Å². The van der Waals surface area contributed by atoms with E-state index in [1.807, 2.05) is 0 Å². The molecule has 1 N–H and O–H groups in total. The fourth-order valence-electron chi connectivity index (χ4n) is 2.04. The van der Waals surface area contributed by atoms with Gasteiger partial charge in [-0.2, -0.15) is 0 Å². The first-order valence-corrected chi connectivity index (χ1v) is 6.75. The standard InChI is InChI=1S/C13H27N3O/c1-12(2)11-13(17)14-5-4-6-16-9-7-15(3)8-10-16/h12H,4-11H2,1-3H3,(H,14,17). The van der Waals surface area contributed by atoms with Crippen molar-refractivity contribution >= 4 is 5.91 Å². The fourth-order valence-corrected chi connectivity index (χ4v) is 2.04. The first-order valence-electron chi connectivity index (χ1n) is 6.75. The number of carbonyl (C=O) groups is 1. The minimum atomic E-state index is 0.193. The van der Waals surface area contributed by atoms with E-state index < -0.39 is 0 Å². The highest BCUT2D eigenvalue weighted by Gasteiger charge is 2.12. The number of carbonyl (C=O) groups excluding carboxylic acids is 1. The quantitative estimate of drug-likeness (QED) is 0.698. The number of rotatable bonds is 6. The Morgan fingerprint density at radius 1 is 1.24 bits per heavy atom. The van der Waals surface area contributed by atoms with E-state index in [-0.39, 0.29) is 5.91 Å². The molecular weight excluding hydrogens is 214 g/mol. The van der Waals surface area contributed by atoms with E-state index in [2.05, 4.69) is 36.0 Å². The van der Waals surface area contributed by atoms with E-state index in [1.54, 1.807) is 0 Å². The Bertz CT molecular complexity index is 223. The predicted molar refractivity (Wildman–Crippen MR) is 71.0 cm³/mol. The van der Waals surface area contributed by atoms with Crippen LogP contribution in [0.2, 0.25) is 0 Å². The Hall–Kier alpha value is -0.610. The number of likely N-dealkylation sites (N-methyl/N-ethyl adjacent to an activating group) is 1. The summed E-state index contributed by atoms with van der Waals surface area (Å²) in [6.07, 6.45) is 1.71. The van der Waals surface area contributed by atoms with Crippen LogP contribution in [0, 0.1) is 5.92 Å². The molecule has 4 heteroatoms. The molecule has 17 heavy (non-hydrogen) atoms. The Labute approximate surface area is 105 Å². The summed E-state index contributed by atoms with van der Waals surface area (Å²) in [5.74, 6) is 0.644. The molecule has 1 saturated heterocycles. The third kappa shape index (κ3) is 6.64. The maximum atomic E-state index is 11.4. The fraction of sp³-hybridized carbons (Fsp3) is 0.923. The molecule has 0 aliphatic carbocycles. The zero-order valence-electron chi connectivity index (χ0n) is 11.5. The molecule has 1 amide bonds. The van der Waals surface area contributed by atoms with Crippen LogP contribution >= 0.6 is 0 Å². The van der Waals surface area contributed by atoms with Crippen molar-refractivity contribution in [1.29, 1.82) is 0 Å². The van der Waals surface area contributed by atoms with Crippen molar-refractivity contribution in [2.45, 2.75) is 26.7 Å². The Morgan fingerprint density at radius 2 is 1.88 bits per heavy atom. The zero-order chi connectivity index (χ0) is 12.7. The molecule has 4 nitrogen and oxygen atoms in total. The molecule has 100 valence electrons. The summed E-state index contributed by atoms with van der Waals surface area (Å²) < 4.78 is 0. The molecule has 1 heterocycles. The second kappa shape index (κ2) is 7.67. The average molecular weight is 241 g/mol. The summed E-state index contributed by atoms with van der Waals surface area (Å²) >= 11 is 0. The van der Waals surface area contributed by atoms with Crippen LogP contribution in [0.1, 0.15) is 26.7 Å². The van der Waals surface area contributed by atoms with Gasteiger partial charge in [0.2, 0.25) is 5.91 Å². The summed E-state index contributed by atoms with van der Waals surface area (Å²) in [4.78, 5) is 16.3. The number of hydrogen-bond donors (Lipinski definition) is 1. The number of nitrogens with one attached hydrogen (secondary N) is 1. The summed E-state index contributed by atoms with van der Waals surface area (Å²) in [7, 11) is 2.17. The van der Waals surface area contributed by atoms with Gasteiger partial charge in [-0.1, -0.05) is 13.8 Å². The lowest BCUT2D eigenvalue weighted by atomic mass is 10.1. The van der Waals surface area contributed by atoms with Crippen molar-refractivity contribution in [3.63, 3.8) is 0 Å². The first-order chi connectivity index (χ1) is 8.08. The van der Waals surface area contributed by atoms with E-state index in [0.717, 1.165) is 32.6 Å². The van der Waals surface area contributed by atoms with Gasteiger partial charge < -0.3 is 15.1 Å². The third-order valence-corrected chi connectivity index (χ3v) is 3.16. The Balaban J connectivity index is 1.99. The SMILES string of the molecule is CC(C)CC(=O)NCCCN1CCN(C)CC1. The predicted octanol–water partition coefficient (Wildman–Crippen LogP) is 0.786. The summed E-state index contributed by atoms with van der Waals surface area (Å²) in [5.41, 5.74) is 0.